The second-order valence-corrected chi connectivity index (χ2v) is 6.79. The molecule has 1 N–H and O–H groups in total. The van der Waals surface area contributed by atoms with Crippen LogP contribution in [-0.2, 0) is 0 Å². The molecule has 0 radical (unpaired) electrons. The third-order valence-electron chi connectivity index (χ3n) is 3.92. The van der Waals surface area contributed by atoms with Gasteiger partial charge in [0.05, 0.1) is 29.6 Å². The second-order valence-electron chi connectivity index (χ2n) is 5.94. The highest BCUT2D eigenvalue weighted by Gasteiger charge is 2.17. The molecule has 0 saturated heterocycles. The molecular formula is C20H19BrFN3O3. The van der Waals surface area contributed by atoms with E-state index in [0.29, 0.717) is 45.3 Å². The van der Waals surface area contributed by atoms with Gasteiger partial charge < -0.3 is 14.8 Å². The van der Waals surface area contributed by atoms with Crippen LogP contribution >= 0.6 is 15.9 Å². The van der Waals surface area contributed by atoms with Gasteiger partial charge in [-0.1, -0.05) is 0 Å². The Morgan fingerprint density at radius 2 is 1.96 bits per heavy atom. The van der Waals surface area contributed by atoms with Crippen LogP contribution in [0.15, 0.2) is 46.9 Å². The number of methoxy groups -OCH3 is 1. The fourth-order valence-electron chi connectivity index (χ4n) is 2.69. The number of hydrogen-bond acceptors (Lipinski definition) is 4. The number of ether oxygens (including phenoxy) is 2. The Kier molecular flexibility index (Phi) is 5.99. The molecule has 1 aromatic heterocycles. The van der Waals surface area contributed by atoms with Crippen LogP contribution in [0.2, 0.25) is 0 Å². The fourth-order valence-corrected chi connectivity index (χ4v) is 3.25. The summed E-state index contributed by atoms with van der Waals surface area (Å²) in [5.41, 5.74) is 1.73. The van der Waals surface area contributed by atoms with Gasteiger partial charge >= 0.3 is 0 Å². The summed E-state index contributed by atoms with van der Waals surface area (Å²) in [7, 11) is 1.51. The number of amides is 1. The molecule has 3 rings (SSSR count). The van der Waals surface area contributed by atoms with Gasteiger partial charge in [-0.2, -0.15) is 5.10 Å². The molecule has 1 amide bonds. The molecule has 3 aromatic rings. The van der Waals surface area contributed by atoms with Gasteiger partial charge in [0.1, 0.15) is 11.6 Å². The third kappa shape index (κ3) is 4.17. The molecule has 146 valence electrons. The van der Waals surface area contributed by atoms with Gasteiger partial charge in [0.15, 0.2) is 11.5 Å². The number of hydrogen-bond donors (Lipinski definition) is 1. The molecule has 0 saturated carbocycles. The SMILES string of the molecule is CCOc1c(Br)cc(C(=O)Nc2cc(C)nn2-c2ccc(F)cc2)cc1OC. The lowest BCUT2D eigenvalue weighted by Crippen LogP contribution is -2.15. The number of nitrogens with one attached hydrogen (secondary N) is 1. The minimum absolute atomic E-state index is 0.342. The summed E-state index contributed by atoms with van der Waals surface area (Å²) in [6, 6.07) is 10.9. The minimum atomic E-state index is -0.343. The van der Waals surface area contributed by atoms with Crippen LogP contribution < -0.4 is 14.8 Å². The monoisotopic (exact) mass is 447 g/mol. The molecule has 0 atom stereocenters. The number of aromatic nitrogens is 2. The summed E-state index contributed by atoms with van der Waals surface area (Å²) in [6.07, 6.45) is 0. The average molecular weight is 448 g/mol. The van der Waals surface area contributed by atoms with Crippen LogP contribution in [0.3, 0.4) is 0 Å². The number of carbonyl (C=O) groups excluding carboxylic acids is 1. The molecule has 0 fully saturated rings. The van der Waals surface area contributed by atoms with Crippen molar-refractivity contribution < 1.29 is 18.7 Å². The van der Waals surface area contributed by atoms with E-state index < -0.39 is 0 Å². The quantitative estimate of drug-likeness (QED) is 0.592. The normalized spacial score (nSPS) is 10.6. The number of halogens is 2. The van der Waals surface area contributed by atoms with E-state index in [2.05, 4.69) is 26.3 Å². The van der Waals surface area contributed by atoms with Gasteiger partial charge in [-0.25, -0.2) is 9.07 Å². The van der Waals surface area contributed by atoms with Gasteiger partial charge in [-0.05, 0) is 66.2 Å². The van der Waals surface area contributed by atoms with Crippen LogP contribution in [0, 0.1) is 12.7 Å². The Morgan fingerprint density at radius 3 is 2.61 bits per heavy atom. The zero-order valence-electron chi connectivity index (χ0n) is 15.6. The summed E-state index contributed by atoms with van der Waals surface area (Å²) >= 11 is 3.42. The molecule has 0 aliphatic rings. The Morgan fingerprint density at radius 1 is 1.25 bits per heavy atom. The van der Waals surface area contributed by atoms with Crippen LogP contribution in [0.1, 0.15) is 23.0 Å². The molecule has 0 spiro atoms. The van der Waals surface area contributed by atoms with Crippen molar-refractivity contribution >= 4 is 27.7 Å². The van der Waals surface area contributed by atoms with Crippen LogP contribution in [0.4, 0.5) is 10.2 Å². The first-order valence-electron chi connectivity index (χ1n) is 8.57. The highest BCUT2D eigenvalue weighted by atomic mass is 79.9. The highest BCUT2D eigenvalue weighted by molar-refractivity contribution is 9.10. The first kappa shape index (κ1) is 19.9. The maximum atomic E-state index is 13.2. The standard InChI is InChI=1S/C20H19BrFN3O3/c1-4-28-19-16(21)10-13(11-17(19)27-3)20(26)23-18-9-12(2)24-25(18)15-7-5-14(22)6-8-15/h5-11H,4H2,1-3H3,(H,23,26). The smallest absolute Gasteiger partial charge is 0.256 e. The predicted molar refractivity (Wildman–Crippen MR) is 108 cm³/mol. The average Bonchev–Trinajstić information content (AvgIpc) is 3.03. The van der Waals surface area contributed by atoms with Crippen molar-refractivity contribution in [2.75, 3.05) is 19.0 Å². The van der Waals surface area contributed by atoms with Gasteiger partial charge in [-0.3, -0.25) is 4.79 Å². The van der Waals surface area contributed by atoms with Gasteiger partial charge in [0.25, 0.3) is 5.91 Å². The summed E-state index contributed by atoms with van der Waals surface area (Å²) in [5.74, 6) is 0.770. The van der Waals surface area contributed by atoms with Gasteiger partial charge in [-0.15, -0.1) is 0 Å². The maximum Gasteiger partial charge on any atom is 0.256 e. The first-order chi connectivity index (χ1) is 13.4. The summed E-state index contributed by atoms with van der Waals surface area (Å²) in [5, 5.41) is 7.21. The van der Waals surface area contributed by atoms with E-state index in [4.69, 9.17) is 9.47 Å². The number of aryl methyl sites for hydroxylation is 1. The lowest BCUT2D eigenvalue weighted by Gasteiger charge is -2.14. The second kappa shape index (κ2) is 8.43. The molecule has 0 aliphatic heterocycles. The molecule has 0 unspecified atom stereocenters. The van der Waals surface area contributed by atoms with Crippen LogP contribution in [0.25, 0.3) is 5.69 Å². The number of nitrogens with zero attached hydrogens (tertiary/aromatic N) is 2. The van der Waals surface area contributed by atoms with E-state index >= 15 is 0 Å². The molecular weight excluding hydrogens is 429 g/mol. The van der Waals surface area contributed by atoms with Crippen molar-refractivity contribution in [2.45, 2.75) is 13.8 Å². The molecule has 0 bridgehead atoms. The summed E-state index contributed by atoms with van der Waals surface area (Å²) in [4.78, 5) is 12.8. The van der Waals surface area contributed by atoms with E-state index in [1.807, 2.05) is 13.8 Å². The van der Waals surface area contributed by atoms with Crippen molar-refractivity contribution in [3.05, 3.63) is 64.0 Å². The van der Waals surface area contributed by atoms with E-state index in [1.54, 1.807) is 35.0 Å². The number of rotatable bonds is 6. The molecule has 8 heteroatoms. The summed E-state index contributed by atoms with van der Waals surface area (Å²) < 4.78 is 26.3. The van der Waals surface area contributed by atoms with Crippen LogP contribution in [-0.4, -0.2) is 29.4 Å². The molecule has 1 heterocycles. The number of anilines is 1. The van der Waals surface area contributed by atoms with E-state index in [-0.39, 0.29) is 11.7 Å². The highest BCUT2D eigenvalue weighted by Crippen LogP contribution is 2.36. The lowest BCUT2D eigenvalue weighted by atomic mass is 10.2. The predicted octanol–water partition coefficient (Wildman–Crippen LogP) is 4.74. The minimum Gasteiger partial charge on any atom is -0.493 e. The molecule has 6 nitrogen and oxygen atoms in total. The molecule has 2 aromatic carbocycles. The first-order valence-corrected chi connectivity index (χ1v) is 9.36. The van der Waals surface area contributed by atoms with E-state index in [9.17, 15) is 9.18 Å². The van der Waals surface area contributed by atoms with Crippen molar-refractivity contribution in [3.63, 3.8) is 0 Å². The van der Waals surface area contributed by atoms with Crippen LogP contribution in [0.5, 0.6) is 11.5 Å². The Bertz CT molecular complexity index is 1000. The Labute approximate surface area is 170 Å². The fraction of sp³-hybridized carbons (Fsp3) is 0.200. The number of benzene rings is 2. The third-order valence-corrected chi connectivity index (χ3v) is 4.51. The lowest BCUT2D eigenvalue weighted by molar-refractivity contribution is 0.102. The van der Waals surface area contributed by atoms with Crippen molar-refractivity contribution in [1.29, 1.82) is 0 Å². The number of carbonyl (C=O) groups is 1. The van der Waals surface area contributed by atoms with E-state index in [0.717, 1.165) is 0 Å². The molecule has 28 heavy (non-hydrogen) atoms. The summed E-state index contributed by atoms with van der Waals surface area (Å²) in [6.45, 7) is 4.15. The largest absolute Gasteiger partial charge is 0.493 e. The van der Waals surface area contributed by atoms with Gasteiger partial charge in [0, 0.05) is 11.6 Å². The maximum absolute atomic E-state index is 13.2. The van der Waals surface area contributed by atoms with Crippen molar-refractivity contribution in [3.8, 4) is 17.2 Å². The molecule has 0 aliphatic carbocycles. The van der Waals surface area contributed by atoms with E-state index in [1.165, 1.54) is 19.2 Å². The zero-order chi connectivity index (χ0) is 20.3. The van der Waals surface area contributed by atoms with Crippen molar-refractivity contribution in [1.82, 2.24) is 9.78 Å². The Hall–Kier alpha value is -2.87. The van der Waals surface area contributed by atoms with Gasteiger partial charge in [0.2, 0.25) is 0 Å². The Balaban J connectivity index is 1.92. The zero-order valence-corrected chi connectivity index (χ0v) is 17.2. The van der Waals surface area contributed by atoms with Crippen molar-refractivity contribution in [2.24, 2.45) is 0 Å². The topological polar surface area (TPSA) is 65.4 Å².